The number of nitrogens with zero attached hydrogens (tertiary/aromatic N) is 3. The topological polar surface area (TPSA) is 59.8 Å². The van der Waals surface area contributed by atoms with Crippen LogP contribution in [0.1, 0.15) is 29.0 Å². The summed E-state index contributed by atoms with van der Waals surface area (Å²) in [5.41, 5.74) is 3.13. The number of nitrogens with one attached hydrogen (secondary N) is 1. The van der Waals surface area contributed by atoms with Gasteiger partial charge in [0.05, 0.1) is 11.3 Å². The molecule has 0 unspecified atom stereocenters. The van der Waals surface area contributed by atoms with Gasteiger partial charge in [-0.15, -0.1) is 0 Å². The highest BCUT2D eigenvalue weighted by Gasteiger charge is 2.14. The number of aryl methyl sites for hydroxylation is 2. The Bertz CT molecular complexity index is 894. The molecule has 0 atom stereocenters. The zero-order valence-electron chi connectivity index (χ0n) is 13.6. The summed E-state index contributed by atoms with van der Waals surface area (Å²) < 4.78 is 2.23. The molecule has 126 valence electrons. The Balaban J connectivity index is 1.56. The van der Waals surface area contributed by atoms with E-state index in [4.69, 9.17) is 16.6 Å². The second-order valence-electron chi connectivity index (χ2n) is 6.10. The van der Waals surface area contributed by atoms with Gasteiger partial charge in [0.2, 0.25) is 0 Å². The summed E-state index contributed by atoms with van der Waals surface area (Å²) in [5, 5.41) is 3.26. The predicted molar refractivity (Wildman–Crippen MR) is 97.8 cm³/mol. The molecule has 0 bridgehead atoms. The van der Waals surface area contributed by atoms with E-state index in [9.17, 15) is 4.79 Å². The van der Waals surface area contributed by atoms with Crippen molar-refractivity contribution in [2.75, 3.05) is 5.32 Å². The molecule has 1 aromatic carbocycles. The molecule has 3 heterocycles. The van der Waals surface area contributed by atoms with Crippen molar-refractivity contribution in [2.45, 2.75) is 25.8 Å². The number of carbonyl (C=O) groups excluding carboxylic acids is 1. The van der Waals surface area contributed by atoms with Crippen LogP contribution in [0, 0.1) is 0 Å². The van der Waals surface area contributed by atoms with Crippen LogP contribution in [0.3, 0.4) is 0 Å². The molecule has 0 spiro atoms. The lowest BCUT2D eigenvalue weighted by molar-refractivity contribution is 0.102. The molecule has 1 amide bonds. The molecule has 2 aromatic heterocycles. The quantitative estimate of drug-likeness (QED) is 0.719. The Kier molecular flexibility index (Phi) is 4.24. The minimum atomic E-state index is -0.217. The van der Waals surface area contributed by atoms with Crippen molar-refractivity contribution in [1.82, 2.24) is 14.5 Å². The Morgan fingerprint density at radius 1 is 1.20 bits per heavy atom. The SMILES string of the molecule is O=C(Nc1cccc(-c2cn3c(n2)CCCC3)c1)c1ccc(Cl)nc1. The van der Waals surface area contributed by atoms with E-state index in [1.54, 1.807) is 12.1 Å². The fraction of sp³-hybridized carbons (Fsp3) is 0.211. The average Bonchev–Trinajstić information content (AvgIpc) is 3.07. The number of anilines is 1. The minimum Gasteiger partial charge on any atom is -0.334 e. The number of fused-ring (bicyclic) bond motifs is 1. The number of amides is 1. The first-order chi connectivity index (χ1) is 12.2. The molecule has 4 rings (SSSR count). The summed E-state index contributed by atoms with van der Waals surface area (Å²) >= 11 is 5.76. The molecule has 1 N–H and O–H groups in total. The first-order valence-electron chi connectivity index (χ1n) is 8.28. The summed E-state index contributed by atoms with van der Waals surface area (Å²) in [6, 6.07) is 11.0. The van der Waals surface area contributed by atoms with E-state index in [2.05, 4.69) is 21.1 Å². The lowest BCUT2D eigenvalue weighted by Gasteiger charge is -2.11. The van der Waals surface area contributed by atoms with E-state index in [0.717, 1.165) is 35.7 Å². The van der Waals surface area contributed by atoms with Crippen molar-refractivity contribution in [2.24, 2.45) is 0 Å². The van der Waals surface area contributed by atoms with E-state index in [1.807, 2.05) is 24.3 Å². The molecule has 0 radical (unpaired) electrons. The number of hydrogen-bond acceptors (Lipinski definition) is 3. The van der Waals surface area contributed by atoms with Gasteiger partial charge in [0, 0.05) is 36.6 Å². The monoisotopic (exact) mass is 352 g/mol. The van der Waals surface area contributed by atoms with Crippen LogP contribution in [0.15, 0.2) is 48.8 Å². The van der Waals surface area contributed by atoms with Gasteiger partial charge in [0.15, 0.2) is 0 Å². The predicted octanol–water partition coefficient (Wildman–Crippen LogP) is 4.19. The van der Waals surface area contributed by atoms with Gasteiger partial charge in [-0.1, -0.05) is 23.7 Å². The van der Waals surface area contributed by atoms with Gasteiger partial charge < -0.3 is 9.88 Å². The first-order valence-corrected chi connectivity index (χ1v) is 8.66. The highest BCUT2D eigenvalue weighted by molar-refractivity contribution is 6.29. The lowest BCUT2D eigenvalue weighted by Crippen LogP contribution is -2.12. The number of pyridine rings is 1. The van der Waals surface area contributed by atoms with E-state index in [-0.39, 0.29) is 5.91 Å². The second kappa shape index (κ2) is 6.69. The molecule has 0 fully saturated rings. The third-order valence-electron chi connectivity index (χ3n) is 4.31. The van der Waals surface area contributed by atoms with Crippen molar-refractivity contribution < 1.29 is 4.79 Å². The van der Waals surface area contributed by atoms with Crippen LogP contribution in [0.2, 0.25) is 5.15 Å². The van der Waals surface area contributed by atoms with Gasteiger partial charge in [-0.25, -0.2) is 9.97 Å². The maximum absolute atomic E-state index is 12.3. The molecule has 0 saturated heterocycles. The third kappa shape index (κ3) is 3.42. The van der Waals surface area contributed by atoms with Gasteiger partial charge in [0.25, 0.3) is 5.91 Å². The molecule has 0 aliphatic carbocycles. The normalized spacial score (nSPS) is 13.3. The van der Waals surface area contributed by atoms with Crippen LogP contribution in [0.4, 0.5) is 5.69 Å². The minimum absolute atomic E-state index is 0.217. The Morgan fingerprint density at radius 2 is 2.12 bits per heavy atom. The Morgan fingerprint density at radius 3 is 2.92 bits per heavy atom. The van der Waals surface area contributed by atoms with Crippen molar-refractivity contribution in [1.29, 1.82) is 0 Å². The number of rotatable bonds is 3. The van der Waals surface area contributed by atoms with Crippen molar-refractivity contribution >= 4 is 23.2 Å². The number of halogens is 1. The van der Waals surface area contributed by atoms with Gasteiger partial charge >= 0.3 is 0 Å². The smallest absolute Gasteiger partial charge is 0.257 e. The fourth-order valence-electron chi connectivity index (χ4n) is 3.02. The van der Waals surface area contributed by atoms with E-state index >= 15 is 0 Å². The largest absolute Gasteiger partial charge is 0.334 e. The molecular formula is C19H17ClN4O. The van der Waals surface area contributed by atoms with Crippen LogP contribution >= 0.6 is 11.6 Å². The summed E-state index contributed by atoms with van der Waals surface area (Å²) in [5.74, 6) is 0.924. The zero-order valence-corrected chi connectivity index (χ0v) is 14.3. The third-order valence-corrected chi connectivity index (χ3v) is 4.54. The first kappa shape index (κ1) is 15.8. The number of aromatic nitrogens is 3. The van der Waals surface area contributed by atoms with E-state index < -0.39 is 0 Å². The second-order valence-corrected chi connectivity index (χ2v) is 6.48. The van der Waals surface area contributed by atoms with Crippen LogP contribution in [-0.2, 0) is 13.0 Å². The van der Waals surface area contributed by atoms with E-state index in [1.165, 1.54) is 19.0 Å². The van der Waals surface area contributed by atoms with Crippen molar-refractivity contribution in [3.05, 3.63) is 65.3 Å². The van der Waals surface area contributed by atoms with Gasteiger partial charge in [-0.05, 0) is 37.1 Å². The molecule has 6 heteroatoms. The van der Waals surface area contributed by atoms with Crippen LogP contribution < -0.4 is 5.32 Å². The molecule has 0 saturated carbocycles. The summed E-state index contributed by atoms with van der Waals surface area (Å²) in [6.45, 7) is 1.03. The van der Waals surface area contributed by atoms with Gasteiger partial charge in [0.1, 0.15) is 11.0 Å². The summed E-state index contributed by atoms with van der Waals surface area (Å²) in [7, 11) is 0. The van der Waals surface area contributed by atoms with Crippen molar-refractivity contribution in [3.8, 4) is 11.3 Å². The lowest BCUT2D eigenvalue weighted by atomic mass is 10.1. The highest BCUT2D eigenvalue weighted by Crippen LogP contribution is 2.25. The molecule has 1 aliphatic rings. The Hall–Kier alpha value is -2.66. The molecule has 3 aromatic rings. The molecule has 25 heavy (non-hydrogen) atoms. The average molecular weight is 353 g/mol. The Labute approximate surface area is 150 Å². The number of hydrogen-bond donors (Lipinski definition) is 1. The summed E-state index contributed by atoms with van der Waals surface area (Å²) in [6.07, 6.45) is 6.99. The van der Waals surface area contributed by atoms with Crippen LogP contribution in [0.25, 0.3) is 11.3 Å². The maximum atomic E-state index is 12.3. The molecule has 5 nitrogen and oxygen atoms in total. The van der Waals surface area contributed by atoms with Crippen LogP contribution in [-0.4, -0.2) is 20.4 Å². The number of carbonyl (C=O) groups is 1. The summed E-state index contributed by atoms with van der Waals surface area (Å²) in [4.78, 5) is 21.0. The highest BCUT2D eigenvalue weighted by atomic mass is 35.5. The number of benzene rings is 1. The van der Waals surface area contributed by atoms with Crippen LogP contribution in [0.5, 0.6) is 0 Å². The van der Waals surface area contributed by atoms with Gasteiger partial charge in [-0.2, -0.15) is 0 Å². The van der Waals surface area contributed by atoms with E-state index in [0.29, 0.717) is 10.7 Å². The number of imidazole rings is 1. The fourth-order valence-corrected chi connectivity index (χ4v) is 3.13. The van der Waals surface area contributed by atoms with Gasteiger partial charge in [-0.3, -0.25) is 4.79 Å². The van der Waals surface area contributed by atoms with Crippen molar-refractivity contribution in [3.63, 3.8) is 0 Å². The maximum Gasteiger partial charge on any atom is 0.257 e. The standard InChI is InChI=1S/C19H17ClN4O/c20-17-8-7-14(11-21-17)19(25)22-15-5-3-4-13(10-15)16-12-24-9-2-1-6-18(24)23-16/h3-5,7-8,10-12H,1-2,6,9H2,(H,22,25). The molecular weight excluding hydrogens is 336 g/mol. The zero-order chi connectivity index (χ0) is 17.2. The molecule has 1 aliphatic heterocycles.